The molecule has 0 fully saturated rings. The van der Waals surface area contributed by atoms with E-state index >= 15 is 0 Å². The third-order valence-corrected chi connectivity index (χ3v) is 1.46. The van der Waals surface area contributed by atoms with Crippen LogP contribution in [0, 0.1) is 11.8 Å². The lowest BCUT2D eigenvalue weighted by Crippen LogP contribution is -1.97. The first-order chi connectivity index (χ1) is 6.22. The van der Waals surface area contributed by atoms with Crippen molar-refractivity contribution in [2.45, 2.75) is 19.6 Å². The molecule has 0 aliphatic rings. The summed E-state index contributed by atoms with van der Waals surface area (Å²) in [6, 6.07) is 1.86. The molecule has 3 N–H and O–H groups in total. The SMILES string of the molecule is C[C@H](O)C#Cc1cncc(CN)c1. The second kappa shape index (κ2) is 4.61. The van der Waals surface area contributed by atoms with Gasteiger partial charge in [-0.2, -0.15) is 0 Å². The van der Waals surface area contributed by atoms with Gasteiger partial charge in [-0.3, -0.25) is 4.98 Å². The van der Waals surface area contributed by atoms with Crippen LogP contribution < -0.4 is 5.73 Å². The fraction of sp³-hybridized carbons (Fsp3) is 0.300. The standard InChI is InChI=1S/C10H12N2O/c1-8(13)2-3-9-4-10(5-11)7-12-6-9/h4,6-8,13H,5,11H2,1H3/t8-/m0/s1. The highest BCUT2D eigenvalue weighted by molar-refractivity contribution is 5.34. The lowest BCUT2D eigenvalue weighted by Gasteiger charge is -1.95. The van der Waals surface area contributed by atoms with E-state index in [1.807, 2.05) is 6.07 Å². The number of aliphatic hydroxyl groups is 1. The molecule has 0 bridgehead atoms. The summed E-state index contributed by atoms with van der Waals surface area (Å²) < 4.78 is 0. The molecule has 0 saturated carbocycles. The second-order valence-electron chi connectivity index (χ2n) is 2.73. The van der Waals surface area contributed by atoms with Gasteiger partial charge in [-0.1, -0.05) is 11.8 Å². The van der Waals surface area contributed by atoms with Gasteiger partial charge >= 0.3 is 0 Å². The van der Waals surface area contributed by atoms with Crippen LogP contribution in [0.15, 0.2) is 18.5 Å². The highest BCUT2D eigenvalue weighted by atomic mass is 16.3. The predicted molar refractivity (Wildman–Crippen MR) is 50.7 cm³/mol. The largest absolute Gasteiger partial charge is 0.381 e. The van der Waals surface area contributed by atoms with Gasteiger partial charge in [-0.25, -0.2) is 0 Å². The number of aromatic nitrogens is 1. The van der Waals surface area contributed by atoms with Crippen molar-refractivity contribution < 1.29 is 5.11 Å². The van der Waals surface area contributed by atoms with Crippen LogP contribution in [0.5, 0.6) is 0 Å². The highest BCUT2D eigenvalue weighted by Crippen LogP contribution is 1.99. The molecule has 1 rings (SSSR count). The summed E-state index contributed by atoms with van der Waals surface area (Å²) in [5.41, 5.74) is 7.16. The van der Waals surface area contributed by atoms with Crippen LogP contribution in [0.2, 0.25) is 0 Å². The Morgan fingerprint density at radius 3 is 3.00 bits per heavy atom. The van der Waals surface area contributed by atoms with Gasteiger partial charge in [-0.15, -0.1) is 0 Å². The smallest absolute Gasteiger partial charge is 0.112 e. The minimum absolute atomic E-state index is 0.456. The fourth-order valence-electron chi connectivity index (χ4n) is 0.855. The summed E-state index contributed by atoms with van der Waals surface area (Å²) in [6.45, 7) is 2.07. The first-order valence-electron chi connectivity index (χ1n) is 4.06. The second-order valence-corrected chi connectivity index (χ2v) is 2.73. The molecular formula is C10H12N2O. The predicted octanol–water partition coefficient (Wildman–Crippen LogP) is 0.273. The minimum atomic E-state index is -0.610. The summed E-state index contributed by atoms with van der Waals surface area (Å²) >= 11 is 0. The van der Waals surface area contributed by atoms with E-state index < -0.39 is 6.10 Å². The number of rotatable bonds is 1. The average Bonchev–Trinajstić information content (AvgIpc) is 2.15. The third-order valence-electron chi connectivity index (χ3n) is 1.46. The summed E-state index contributed by atoms with van der Waals surface area (Å²) in [6.07, 6.45) is 2.74. The zero-order valence-electron chi connectivity index (χ0n) is 7.49. The monoisotopic (exact) mass is 176 g/mol. The van der Waals surface area contributed by atoms with E-state index in [4.69, 9.17) is 10.8 Å². The van der Waals surface area contributed by atoms with E-state index in [1.54, 1.807) is 19.3 Å². The maximum absolute atomic E-state index is 8.92. The molecule has 0 saturated heterocycles. The van der Waals surface area contributed by atoms with E-state index in [0.29, 0.717) is 6.54 Å². The molecule has 0 aromatic carbocycles. The van der Waals surface area contributed by atoms with Gasteiger partial charge in [0.1, 0.15) is 6.10 Å². The average molecular weight is 176 g/mol. The number of aliphatic hydroxyl groups excluding tert-OH is 1. The zero-order chi connectivity index (χ0) is 9.68. The van der Waals surface area contributed by atoms with Crippen LogP contribution in [-0.2, 0) is 6.54 Å². The number of pyridine rings is 1. The first kappa shape index (κ1) is 9.72. The Morgan fingerprint density at radius 2 is 2.38 bits per heavy atom. The van der Waals surface area contributed by atoms with Gasteiger partial charge in [0.05, 0.1) is 0 Å². The Hall–Kier alpha value is -1.37. The van der Waals surface area contributed by atoms with E-state index in [2.05, 4.69) is 16.8 Å². The highest BCUT2D eigenvalue weighted by Gasteiger charge is 1.91. The molecule has 1 heterocycles. The zero-order valence-corrected chi connectivity index (χ0v) is 7.49. The quantitative estimate of drug-likeness (QED) is 0.604. The molecule has 0 radical (unpaired) electrons. The Morgan fingerprint density at radius 1 is 1.62 bits per heavy atom. The van der Waals surface area contributed by atoms with Crippen LogP contribution in [0.3, 0.4) is 0 Å². The maximum atomic E-state index is 8.92. The Bertz CT molecular complexity index is 336. The molecule has 0 aliphatic carbocycles. The Kier molecular flexibility index (Phi) is 3.44. The van der Waals surface area contributed by atoms with E-state index in [1.165, 1.54) is 0 Å². The molecule has 3 heteroatoms. The van der Waals surface area contributed by atoms with Gasteiger partial charge in [0, 0.05) is 24.5 Å². The van der Waals surface area contributed by atoms with Crippen molar-refractivity contribution >= 4 is 0 Å². The third kappa shape index (κ3) is 3.24. The van der Waals surface area contributed by atoms with Crippen LogP contribution in [0.4, 0.5) is 0 Å². The Balaban J connectivity index is 2.85. The van der Waals surface area contributed by atoms with Crippen LogP contribution in [0.1, 0.15) is 18.1 Å². The van der Waals surface area contributed by atoms with Crippen LogP contribution >= 0.6 is 0 Å². The molecule has 13 heavy (non-hydrogen) atoms. The topological polar surface area (TPSA) is 59.1 Å². The molecule has 0 amide bonds. The molecule has 3 nitrogen and oxygen atoms in total. The van der Waals surface area contributed by atoms with E-state index in [9.17, 15) is 0 Å². The van der Waals surface area contributed by atoms with Gasteiger partial charge in [0.25, 0.3) is 0 Å². The Labute approximate surface area is 77.6 Å². The summed E-state index contributed by atoms with van der Waals surface area (Å²) in [5, 5.41) is 8.92. The van der Waals surface area contributed by atoms with Crippen molar-refractivity contribution in [3.63, 3.8) is 0 Å². The van der Waals surface area contributed by atoms with Crippen molar-refractivity contribution in [3.8, 4) is 11.8 Å². The molecule has 0 spiro atoms. The number of hydrogen-bond donors (Lipinski definition) is 2. The van der Waals surface area contributed by atoms with Gasteiger partial charge in [0.2, 0.25) is 0 Å². The molecule has 1 aromatic heterocycles. The number of nitrogens with two attached hydrogens (primary N) is 1. The molecule has 68 valence electrons. The van der Waals surface area contributed by atoms with Crippen molar-refractivity contribution in [2.24, 2.45) is 5.73 Å². The van der Waals surface area contributed by atoms with E-state index in [-0.39, 0.29) is 0 Å². The minimum Gasteiger partial charge on any atom is -0.381 e. The molecular weight excluding hydrogens is 164 g/mol. The van der Waals surface area contributed by atoms with Crippen LogP contribution in [-0.4, -0.2) is 16.2 Å². The van der Waals surface area contributed by atoms with Gasteiger partial charge < -0.3 is 10.8 Å². The summed E-state index contributed by atoms with van der Waals surface area (Å²) in [5.74, 6) is 5.44. The molecule has 1 aromatic rings. The van der Waals surface area contributed by atoms with E-state index in [0.717, 1.165) is 11.1 Å². The van der Waals surface area contributed by atoms with Crippen molar-refractivity contribution in [3.05, 3.63) is 29.6 Å². The maximum Gasteiger partial charge on any atom is 0.112 e. The van der Waals surface area contributed by atoms with Crippen molar-refractivity contribution in [1.82, 2.24) is 4.98 Å². The number of nitrogens with zero attached hydrogens (tertiary/aromatic N) is 1. The summed E-state index contributed by atoms with van der Waals surface area (Å²) in [4.78, 5) is 3.97. The van der Waals surface area contributed by atoms with Crippen molar-refractivity contribution in [1.29, 1.82) is 0 Å². The summed E-state index contributed by atoms with van der Waals surface area (Å²) in [7, 11) is 0. The lowest BCUT2D eigenvalue weighted by molar-refractivity contribution is 0.253. The normalized spacial score (nSPS) is 11.6. The molecule has 0 unspecified atom stereocenters. The molecule has 1 atom stereocenters. The number of hydrogen-bond acceptors (Lipinski definition) is 3. The van der Waals surface area contributed by atoms with Crippen LogP contribution in [0.25, 0.3) is 0 Å². The fourth-order valence-corrected chi connectivity index (χ4v) is 0.855. The lowest BCUT2D eigenvalue weighted by atomic mass is 10.2. The molecule has 0 aliphatic heterocycles. The first-order valence-corrected chi connectivity index (χ1v) is 4.06. The van der Waals surface area contributed by atoms with Crippen molar-refractivity contribution in [2.75, 3.05) is 0 Å². The van der Waals surface area contributed by atoms with Gasteiger partial charge in [0.15, 0.2) is 0 Å². The van der Waals surface area contributed by atoms with Gasteiger partial charge in [-0.05, 0) is 18.6 Å².